The summed E-state index contributed by atoms with van der Waals surface area (Å²) in [5.41, 5.74) is 5.12. The summed E-state index contributed by atoms with van der Waals surface area (Å²) >= 11 is 1.14. The summed E-state index contributed by atoms with van der Waals surface area (Å²) in [4.78, 5) is 0. The third-order valence-electron chi connectivity index (χ3n) is 0.564. The van der Waals surface area contributed by atoms with Crippen LogP contribution in [-0.2, 0) is 9.09 Å². The van der Waals surface area contributed by atoms with Crippen LogP contribution < -0.4 is 5.50 Å². The van der Waals surface area contributed by atoms with Gasteiger partial charge in [-0.25, -0.2) is 0 Å². The van der Waals surface area contributed by atoms with Gasteiger partial charge in [-0.05, 0) is 0 Å². The molecule has 0 aromatic carbocycles. The SMILES string of the molecule is CCSP(N)(=O)OC. The second-order valence-electron chi connectivity index (χ2n) is 1.14. The van der Waals surface area contributed by atoms with Crippen LogP contribution in [0.5, 0.6) is 0 Å². The molecular formula is C3H10NO2PS. The van der Waals surface area contributed by atoms with Gasteiger partial charge < -0.3 is 4.52 Å². The number of hydrogen-bond donors (Lipinski definition) is 1. The first kappa shape index (κ1) is 8.50. The highest BCUT2D eigenvalue weighted by Crippen LogP contribution is 2.50. The standard InChI is InChI=1S/C3H10NO2PS/c1-3-8-7(4,5)6-2/h3H2,1-2H3,(H2,4,5). The Balaban J connectivity index is 3.55. The molecule has 0 aliphatic carbocycles. The summed E-state index contributed by atoms with van der Waals surface area (Å²) in [6, 6.07) is 0. The summed E-state index contributed by atoms with van der Waals surface area (Å²) in [5.74, 6) is 0.724. The zero-order chi connectivity index (χ0) is 6.62. The maximum absolute atomic E-state index is 10.7. The van der Waals surface area contributed by atoms with E-state index in [-0.39, 0.29) is 0 Å². The highest BCUT2D eigenvalue weighted by molar-refractivity contribution is 8.55. The first-order valence-corrected chi connectivity index (χ1v) is 5.49. The van der Waals surface area contributed by atoms with E-state index in [2.05, 4.69) is 4.52 Å². The lowest BCUT2D eigenvalue weighted by Gasteiger charge is -2.05. The van der Waals surface area contributed by atoms with Gasteiger partial charge in [0.05, 0.1) is 0 Å². The number of rotatable bonds is 3. The van der Waals surface area contributed by atoms with Crippen LogP contribution >= 0.6 is 18.1 Å². The van der Waals surface area contributed by atoms with E-state index in [1.165, 1.54) is 7.11 Å². The van der Waals surface area contributed by atoms with Crippen molar-refractivity contribution in [2.24, 2.45) is 5.50 Å². The molecule has 0 saturated carbocycles. The summed E-state index contributed by atoms with van der Waals surface area (Å²) in [5, 5.41) is 0. The van der Waals surface area contributed by atoms with Gasteiger partial charge in [-0.3, -0.25) is 10.1 Å². The van der Waals surface area contributed by atoms with Gasteiger partial charge in [0, 0.05) is 12.9 Å². The first-order chi connectivity index (χ1) is 3.62. The largest absolute Gasteiger partial charge is 0.323 e. The molecule has 5 heteroatoms. The monoisotopic (exact) mass is 155 g/mol. The minimum atomic E-state index is -2.76. The predicted molar refractivity (Wildman–Crippen MR) is 36.9 cm³/mol. The molecule has 8 heavy (non-hydrogen) atoms. The van der Waals surface area contributed by atoms with Crippen LogP contribution in [0.4, 0.5) is 0 Å². The Morgan fingerprint density at radius 2 is 2.38 bits per heavy atom. The van der Waals surface area contributed by atoms with Crippen molar-refractivity contribution in [1.82, 2.24) is 0 Å². The molecule has 0 aliphatic heterocycles. The fourth-order valence-corrected chi connectivity index (χ4v) is 2.09. The molecule has 0 bridgehead atoms. The molecule has 3 nitrogen and oxygen atoms in total. The smallest absolute Gasteiger partial charge is 0.313 e. The highest BCUT2D eigenvalue weighted by atomic mass is 32.7. The fraction of sp³-hybridized carbons (Fsp3) is 1.00. The van der Waals surface area contributed by atoms with E-state index in [4.69, 9.17) is 5.50 Å². The predicted octanol–water partition coefficient (Wildman–Crippen LogP) is 1.45. The first-order valence-electron chi connectivity index (χ1n) is 2.21. The molecular weight excluding hydrogens is 145 g/mol. The third kappa shape index (κ3) is 3.50. The normalized spacial score (nSPS) is 17.9. The van der Waals surface area contributed by atoms with Crippen molar-refractivity contribution in [3.8, 4) is 0 Å². The van der Waals surface area contributed by atoms with E-state index in [0.29, 0.717) is 0 Å². The third-order valence-corrected chi connectivity index (χ3v) is 3.99. The Hall–Kier alpha value is 0.500. The van der Waals surface area contributed by atoms with E-state index in [9.17, 15) is 4.57 Å². The molecule has 1 atom stereocenters. The molecule has 0 rings (SSSR count). The lowest BCUT2D eigenvalue weighted by molar-refractivity contribution is 0.410. The summed E-state index contributed by atoms with van der Waals surface area (Å²) in [7, 11) is 1.35. The molecule has 0 aromatic rings. The quantitative estimate of drug-likeness (QED) is 0.627. The van der Waals surface area contributed by atoms with Crippen LogP contribution in [0.3, 0.4) is 0 Å². The lowest BCUT2D eigenvalue weighted by Crippen LogP contribution is -1.91. The van der Waals surface area contributed by atoms with Crippen molar-refractivity contribution < 1.29 is 9.09 Å². The second-order valence-corrected chi connectivity index (χ2v) is 5.72. The highest BCUT2D eigenvalue weighted by Gasteiger charge is 2.12. The molecule has 0 aliphatic rings. The van der Waals surface area contributed by atoms with Gasteiger partial charge >= 0.3 is 6.72 Å². The van der Waals surface area contributed by atoms with Crippen LogP contribution in [-0.4, -0.2) is 12.9 Å². The van der Waals surface area contributed by atoms with E-state index in [0.717, 1.165) is 17.1 Å². The molecule has 0 amide bonds. The van der Waals surface area contributed by atoms with Crippen LogP contribution in [0.1, 0.15) is 6.92 Å². The van der Waals surface area contributed by atoms with Crippen molar-refractivity contribution in [2.45, 2.75) is 6.92 Å². The average molecular weight is 155 g/mol. The van der Waals surface area contributed by atoms with Crippen molar-refractivity contribution in [2.75, 3.05) is 12.9 Å². The Kier molecular flexibility index (Phi) is 3.73. The molecule has 0 heterocycles. The Labute approximate surface area is 53.2 Å². The van der Waals surface area contributed by atoms with Gasteiger partial charge in [0.25, 0.3) is 0 Å². The molecule has 0 fully saturated rings. The van der Waals surface area contributed by atoms with Crippen LogP contribution in [0.2, 0.25) is 0 Å². The molecule has 0 radical (unpaired) electrons. The van der Waals surface area contributed by atoms with E-state index in [1.807, 2.05) is 6.92 Å². The second kappa shape index (κ2) is 3.51. The zero-order valence-corrected chi connectivity index (χ0v) is 6.67. The summed E-state index contributed by atoms with van der Waals surface area (Å²) < 4.78 is 15.2. The minimum Gasteiger partial charge on any atom is -0.313 e. The number of hydrogen-bond acceptors (Lipinski definition) is 3. The zero-order valence-electron chi connectivity index (χ0n) is 4.96. The molecule has 1 unspecified atom stereocenters. The Morgan fingerprint density at radius 3 is 2.50 bits per heavy atom. The lowest BCUT2D eigenvalue weighted by atomic mass is 11.0. The number of nitrogens with two attached hydrogens (primary N) is 1. The van der Waals surface area contributed by atoms with Crippen LogP contribution in [0.25, 0.3) is 0 Å². The summed E-state index contributed by atoms with van der Waals surface area (Å²) in [6.45, 7) is -0.879. The maximum Gasteiger partial charge on any atom is 0.323 e. The van der Waals surface area contributed by atoms with E-state index >= 15 is 0 Å². The van der Waals surface area contributed by atoms with Gasteiger partial charge in [-0.2, -0.15) is 0 Å². The van der Waals surface area contributed by atoms with Gasteiger partial charge in [-0.15, -0.1) is 0 Å². The van der Waals surface area contributed by atoms with E-state index < -0.39 is 6.72 Å². The average Bonchev–Trinajstić information content (AvgIpc) is 1.67. The van der Waals surface area contributed by atoms with Crippen molar-refractivity contribution in [1.29, 1.82) is 0 Å². The van der Waals surface area contributed by atoms with Gasteiger partial charge in [0.2, 0.25) is 0 Å². The Bertz CT molecular complexity index is 107. The maximum atomic E-state index is 10.7. The fourth-order valence-electron chi connectivity index (χ4n) is 0.233. The molecule has 0 saturated heterocycles. The summed E-state index contributed by atoms with van der Waals surface area (Å²) in [6.07, 6.45) is 0. The van der Waals surface area contributed by atoms with Gasteiger partial charge in [-0.1, -0.05) is 18.3 Å². The van der Waals surface area contributed by atoms with Gasteiger partial charge in [0.1, 0.15) is 0 Å². The van der Waals surface area contributed by atoms with Crippen molar-refractivity contribution >= 4 is 18.1 Å². The van der Waals surface area contributed by atoms with Crippen molar-refractivity contribution in [3.63, 3.8) is 0 Å². The Morgan fingerprint density at radius 1 is 1.88 bits per heavy atom. The topological polar surface area (TPSA) is 52.3 Å². The molecule has 50 valence electrons. The van der Waals surface area contributed by atoms with Gasteiger partial charge in [0.15, 0.2) is 0 Å². The van der Waals surface area contributed by atoms with Crippen LogP contribution in [0, 0.1) is 0 Å². The van der Waals surface area contributed by atoms with Crippen LogP contribution in [0.15, 0.2) is 0 Å². The molecule has 0 spiro atoms. The van der Waals surface area contributed by atoms with E-state index in [1.54, 1.807) is 0 Å². The minimum absolute atomic E-state index is 0.724. The molecule has 2 N–H and O–H groups in total. The van der Waals surface area contributed by atoms with Crippen molar-refractivity contribution in [3.05, 3.63) is 0 Å². The molecule has 0 aromatic heterocycles.